The number of fused-ring (bicyclic) bond motifs is 1. The predicted molar refractivity (Wildman–Crippen MR) is 91.9 cm³/mol. The number of carbonyl (C=O) groups excluding carboxylic acids is 1. The van der Waals surface area contributed by atoms with Gasteiger partial charge in [0.25, 0.3) is 5.91 Å². The summed E-state index contributed by atoms with van der Waals surface area (Å²) in [6.07, 6.45) is 5.99. The van der Waals surface area contributed by atoms with Crippen molar-refractivity contribution in [1.29, 1.82) is 0 Å². The van der Waals surface area contributed by atoms with E-state index in [2.05, 4.69) is 19.2 Å². The second-order valence-corrected chi connectivity index (χ2v) is 6.72. The Hall–Kier alpha value is -1.55. The predicted octanol–water partition coefficient (Wildman–Crippen LogP) is 4.57. The summed E-state index contributed by atoms with van der Waals surface area (Å²) >= 11 is 1.52. The van der Waals surface area contributed by atoms with Gasteiger partial charge in [-0.05, 0) is 43.0 Å². The molecule has 3 nitrogen and oxygen atoms in total. The fourth-order valence-electron chi connectivity index (χ4n) is 2.42. The van der Waals surface area contributed by atoms with Crippen LogP contribution >= 0.6 is 11.3 Å². The first-order chi connectivity index (χ1) is 10.1. The molecule has 3 N–H and O–H groups in total. The number of hydrogen-bond acceptors (Lipinski definition) is 3. The van der Waals surface area contributed by atoms with E-state index in [0.717, 1.165) is 27.1 Å². The van der Waals surface area contributed by atoms with E-state index in [4.69, 9.17) is 5.73 Å². The van der Waals surface area contributed by atoms with E-state index in [1.807, 2.05) is 24.3 Å². The first kappa shape index (κ1) is 15.8. The summed E-state index contributed by atoms with van der Waals surface area (Å²) in [5.74, 6) is 0.0257. The van der Waals surface area contributed by atoms with E-state index in [1.54, 1.807) is 0 Å². The molecule has 0 aliphatic rings. The van der Waals surface area contributed by atoms with Crippen LogP contribution in [-0.4, -0.2) is 11.9 Å². The second-order valence-electron chi connectivity index (χ2n) is 5.63. The van der Waals surface area contributed by atoms with Gasteiger partial charge in [-0.15, -0.1) is 11.3 Å². The number of nitrogen functional groups attached to an aromatic ring is 1. The molecule has 1 unspecified atom stereocenters. The van der Waals surface area contributed by atoms with E-state index in [1.165, 1.54) is 37.0 Å². The number of carbonyl (C=O) groups is 1. The fraction of sp³-hybridized carbons (Fsp3) is 0.471. The van der Waals surface area contributed by atoms with E-state index in [9.17, 15) is 4.79 Å². The van der Waals surface area contributed by atoms with Crippen molar-refractivity contribution >= 4 is 33.0 Å². The van der Waals surface area contributed by atoms with Crippen LogP contribution in [0.3, 0.4) is 0 Å². The summed E-state index contributed by atoms with van der Waals surface area (Å²) in [6.45, 7) is 4.29. The van der Waals surface area contributed by atoms with Gasteiger partial charge in [-0.25, -0.2) is 0 Å². The molecule has 1 aromatic carbocycles. The lowest BCUT2D eigenvalue weighted by Crippen LogP contribution is -2.31. The van der Waals surface area contributed by atoms with Gasteiger partial charge >= 0.3 is 0 Å². The number of nitrogens with one attached hydrogen (secondary N) is 1. The highest BCUT2D eigenvalue weighted by atomic mass is 32.1. The standard InChI is InChI=1S/C17H24N2OS/c1-3-4-5-6-7-12(2)19-17(20)16-11-13-10-14(18)8-9-15(13)21-16/h8-12H,3-7,18H2,1-2H3,(H,19,20). The largest absolute Gasteiger partial charge is 0.399 e. The van der Waals surface area contributed by atoms with Gasteiger partial charge in [-0.3, -0.25) is 4.79 Å². The lowest BCUT2D eigenvalue weighted by atomic mass is 10.1. The third kappa shape index (κ3) is 4.46. The number of benzene rings is 1. The van der Waals surface area contributed by atoms with Gasteiger partial charge in [0, 0.05) is 16.4 Å². The van der Waals surface area contributed by atoms with Gasteiger partial charge in [-0.1, -0.05) is 32.6 Å². The molecule has 0 fully saturated rings. The molecule has 2 rings (SSSR count). The Morgan fingerprint density at radius 3 is 2.86 bits per heavy atom. The zero-order valence-electron chi connectivity index (χ0n) is 12.8. The van der Waals surface area contributed by atoms with Crippen LogP contribution < -0.4 is 11.1 Å². The molecule has 0 saturated carbocycles. The topological polar surface area (TPSA) is 55.1 Å². The molecular formula is C17H24N2OS. The lowest BCUT2D eigenvalue weighted by molar-refractivity contribution is 0.0942. The van der Waals surface area contributed by atoms with Gasteiger partial charge in [0.1, 0.15) is 0 Å². The summed E-state index contributed by atoms with van der Waals surface area (Å²) < 4.78 is 1.10. The van der Waals surface area contributed by atoms with Gasteiger partial charge in [0.15, 0.2) is 0 Å². The minimum Gasteiger partial charge on any atom is -0.399 e. The van der Waals surface area contributed by atoms with Crippen molar-refractivity contribution in [3.05, 3.63) is 29.1 Å². The van der Waals surface area contributed by atoms with Gasteiger partial charge in [0.2, 0.25) is 0 Å². The third-order valence-electron chi connectivity index (χ3n) is 3.63. The van der Waals surface area contributed by atoms with E-state index in [0.29, 0.717) is 0 Å². The molecule has 0 saturated heterocycles. The van der Waals surface area contributed by atoms with Crippen LogP contribution in [-0.2, 0) is 0 Å². The molecule has 0 aliphatic carbocycles. The van der Waals surface area contributed by atoms with Crippen molar-refractivity contribution in [2.24, 2.45) is 0 Å². The Kier molecular flexibility index (Phi) is 5.62. The Morgan fingerprint density at radius 2 is 2.10 bits per heavy atom. The molecule has 0 spiro atoms. The summed E-state index contributed by atoms with van der Waals surface area (Å²) in [5.41, 5.74) is 6.51. The van der Waals surface area contributed by atoms with Crippen LogP contribution in [0.25, 0.3) is 10.1 Å². The van der Waals surface area contributed by atoms with Crippen molar-refractivity contribution in [3.63, 3.8) is 0 Å². The number of anilines is 1. The Labute approximate surface area is 130 Å². The number of rotatable bonds is 7. The molecule has 2 aromatic rings. The maximum absolute atomic E-state index is 12.3. The van der Waals surface area contributed by atoms with Crippen molar-refractivity contribution < 1.29 is 4.79 Å². The first-order valence-corrected chi connectivity index (χ1v) is 8.51. The van der Waals surface area contributed by atoms with Crippen LogP contribution in [0.2, 0.25) is 0 Å². The summed E-state index contributed by atoms with van der Waals surface area (Å²) in [6, 6.07) is 7.91. The SMILES string of the molecule is CCCCCCC(C)NC(=O)c1cc2cc(N)ccc2s1. The highest BCUT2D eigenvalue weighted by Gasteiger charge is 2.13. The Bertz CT molecular complexity index is 606. The van der Waals surface area contributed by atoms with Crippen molar-refractivity contribution in [2.45, 2.75) is 52.0 Å². The highest BCUT2D eigenvalue weighted by molar-refractivity contribution is 7.20. The molecule has 0 radical (unpaired) electrons. The van der Waals surface area contributed by atoms with E-state index >= 15 is 0 Å². The monoisotopic (exact) mass is 304 g/mol. The lowest BCUT2D eigenvalue weighted by Gasteiger charge is -2.12. The Morgan fingerprint density at radius 1 is 1.29 bits per heavy atom. The van der Waals surface area contributed by atoms with Crippen LogP contribution in [0.1, 0.15) is 55.6 Å². The Balaban J connectivity index is 1.92. The molecular weight excluding hydrogens is 280 g/mol. The normalized spacial score (nSPS) is 12.5. The third-order valence-corrected chi connectivity index (χ3v) is 4.75. The number of thiophene rings is 1. The van der Waals surface area contributed by atoms with E-state index < -0.39 is 0 Å². The van der Waals surface area contributed by atoms with Crippen LogP contribution in [0.4, 0.5) is 5.69 Å². The fourth-order valence-corrected chi connectivity index (χ4v) is 3.36. The van der Waals surface area contributed by atoms with Gasteiger partial charge in [-0.2, -0.15) is 0 Å². The van der Waals surface area contributed by atoms with Crippen molar-refractivity contribution in [2.75, 3.05) is 5.73 Å². The molecule has 114 valence electrons. The van der Waals surface area contributed by atoms with Gasteiger partial charge < -0.3 is 11.1 Å². The second kappa shape index (κ2) is 7.46. The minimum absolute atomic E-state index is 0.0257. The quantitative estimate of drug-likeness (QED) is 0.581. The van der Waals surface area contributed by atoms with Crippen molar-refractivity contribution in [1.82, 2.24) is 5.32 Å². The molecule has 21 heavy (non-hydrogen) atoms. The van der Waals surface area contributed by atoms with Crippen LogP contribution in [0, 0.1) is 0 Å². The zero-order valence-corrected chi connectivity index (χ0v) is 13.6. The molecule has 0 bridgehead atoms. The van der Waals surface area contributed by atoms with Crippen LogP contribution in [0.5, 0.6) is 0 Å². The molecule has 1 aromatic heterocycles. The number of amides is 1. The summed E-state index contributed by atoms with van der Waals surface area (Å²) in [7, 11) is 0. The molecule has 4 heteroatoms. The molecule has 1 amide bonds. The van der Waals surface area contributed by atoms with Gasteiger partial charge in [0.05, 0.1) is 4.88 Å². The first-order valence-electron chi connectivity index (χ1n) is 7.70. The maximum Gasteiger partial charge on any atom is 0.261 e. The highest BCUT2D eigenvalue weighted by Crippen LogP contribution is 2.27. The minimum atomic E-state index is 0.0257. The van der Waals surface area contributed by atoms with Crippen LogP contribution in [0.15, 0.2) is 24.3 Å². The maximum atomic E-state index is 12.3. The summed E-state index contributed by atoms with van der Waals surface area (Å²) in [5, 5.41) is 4.13. The number of nitrogens with two attached hydrogens (primary N) is 1. The number of unbranched alkanes of at least 4 members (excludes halogenated alkanes) is 3. The average Bonchev–Trinajstić information content (AvgIpc) is 2.86. The number of hydrogen-bond donors (Lipinski definition) is 2. The smallest absolute Gasteiger partial charge is 0.261 e. The molecule has 0 aliphatic heterocycles. The zero-order chi connectivity index (χ0) is 15.2. The average molecular weight is 304 g/mol. The molecule has 1 heterocycles. The van der Waals surface area contributed by atoms with E-state index in [-0.39, 0.29) is 11.9 Å². The van der Waals surface area contributed by atoms with Crippen molar-refractivity contribution in [3.8, 4) is 0 Å². The molecule has 1 atom stereocenters. The summed E-state index contributed by atoms with van der Waals surface area (Å²) in [4.78, 5) is 13.0.